The molecule has 0 fully saturated rings. The van der Waals surface area contributed by atoms with Crippen molar-refractivity contribution in [3.05, 3.63) is 88.1 Å². The number of aromatic nitrogens is 4. The Labute approximate surface area is 188 Å². The summed E-state index contributed by atoms with van der Waals surface area (Å²) in [5, 5.41) is 10.0. The smallest absolute Gasteiger partial charge is 0.308 e. The van der Waals surface area contributed by atoms with Crippen molar-refractivity contribution in [1.82, 2.24) is 19.7 Å². The minimum absolute atomic E-state index is 0.187. The topological polar surface area (TPSA) is 105 Å². The molecule has 1 aliphatic carbocycles. The van der Waals surface area contributed by atoms with Crippen molar-refractivity contribution in [3.8, 4) is 17.2 Å². The number of carbonyl (C=O) groups is 1. The molecule has 0 saturated carbocycles. The van der Waals surface area contributed by atoms with Crippen molar-refractivity contribution in [1.29, 1.82) is 0 Å². The first kappa shape index (κ1) is 20.6. The number of fused-ring (bicyclic) bond motifs is 1. The van der Waals surface area contributed by atoms with E-state index >= 15 is 0 Å². The molecule has 0 spiro atoms. The Bertz CT molecular complexity index is 1360. The van der Waals surface area contributed by atoms with Crippen LogP contribution in [0.1, 0.15) is 24.1 Å². The van der Waals surface area contributed by atoms with Crippen LogP contribution in [0.2, 0.25) is 0 Å². The maximum atomic E-state index is 13.2. The number of benzene rings is 2. The summed E-state index contributed by atoms with van der Waals surface area (Å²) >= 11 is 0. The first-order valence-corrected chi connectivity index (χ1v) is 10.7. The summed E-state index contributed by atoms with van der Waals surface area (Å²) in [6, 6.07) is 16.1. The van der Waals surface area contributed by atoms with Crippen LogP contribution in [-0.4, -0.2) is 25.8 Å². The highest BCUT2D eigenvalue weighted by molar-refractivity contribution is 5.99. The van der Waals surface area contributed by atoms with E-state index in [4.69, 9.17) is 0 Å². The van der Waals surface area contributed by atoms with E-state index in [1.807, 2.05) is 30.3 Å². The zero-order valence-electron chi connectivity index (χ0n) is 17.6. The van der Waals surface area contributed by atoms with E-state index in [0.717, 1.165) is 30.5 Å². The number of nitrogens with one attached hydrogen (secondary N) is 3. The van der Waals surface area contributed by atoms with Crippen molar-refractivity contribution in [2.75, 3.05) is 10.6 Å². The second-order valence-corrected chi connectivity index (χ2v) is 7.80. The lowest BCUT2D eigenvalue weighted by Gasteiger charge is -2.15. The number of rotatable bonds is 4. The monoisotopic (exact) mass is 444 g/mol. The van der Waals surface area contributed by atoms with Gasteiger partial charge in [-0.15, -0.1) is 0 Å². The predicted octanol–water partition coefficient (Wildman–Crippen LogP) is 4.28. The fourth-order valence-corrected chi connectivity index (χ4v) is 3.88. The molecule has 9 heteroatoms. The van der Waals surface area contributed by atoms with E-state index in [1.165, 1.54) is 28.9 Å². The summed E-state index contributed by atoms with van der Waals surface area (Å²) in [4.78, 5) is 32.8. The summed E-state index contributed by atoms with van der Waals surface area (Å²) < 4.78 is 14.6. The van der Waals surface area contributed by atoms with Crippen LogP contribution in [-0.2, 0) is 12.8 Å². The zero-order valence-corrected chi connectivity index (χ0v) is 17.6. The third kappa shape index (κ3) is 4.38. The summed E-state index contributed by atoms with van der Waals surface area (Å²) in [6.45, 7) is 0. The zero-order chi connectivity index (χ0) is 22.8. The van der Waals surface area contributed by atoms with Crippen molar-refractivity contribution in [3.63, 3.8) is 0 Å². The maximum Gasteiger partial charge on any atom is 0.324 e. The molecule has 0 radical (unpaired) electrons. The molecule has 1 aliphatic rings. The Morgan fingerprint density at radius 3 is 2.55 bits per heavy atom. The second kappa shape index (κ2) is 8.70. The molecule has 2 aromatic carbocycles. The van der Waals surface area contributed by atoms with E-state index in [1.54, 1.807) is 6.07 Å². The van der Waals surface area contributed by atoms with E-state index in [-0.39, 0.29) is 11.5 Å². The Morgan fingerprint density at radius 1 is 1.00 bits per heavy atom. The van der Waals surface area contributed by atoms with Crippen LogP contribution < -0.4 is 16.2 Å². The van der Waals surface area contributed by atoms with E-state index in [9.17, 15) is 14.0 Å². The van der Waals surface area contributed by atoms with E-state index in [0.29, 0.717) is 29.2 Å². The van der Waals surface area contributed by atoms with Gasteiger partial charge in [0.05, 0.1) is 11.4 Å². The van der Waals surface area contributed by atoms with Gasteiger partial charge in [-0.25, -0.2) is 14.2 Å². The number of nitrogens with zero attached hydrogens (tertiary/aromatic N) is 3. The number of hydrogen-bond donors (Lipinski definition) is 3. The fraction of sp³-hybridized carbons (Fsp3) is 0.167. The van der Waals surface area contributed by atoms with Gasteiger partial charge in [-0.3, -0.25) is 15.1 Å². The largest absolute Gasteiger partial charge is 0.324 e. The number of amides is 2. The molecule has 0 unspecified atom stereocenters. The Morgan fingerprint density at radius 2 is 1.76 bits per heavy atom. The molecule has 0 bridgehead atoms. The number of urea groups is 1. The molecule has 4 aromatic rings. The number of aryl methyl sites for hydroxylation is 1. The molecule has 33 heavy (non-hydrogen) atoms. The number of H-pyrrole nitrogens is 1. The van der Waals surface area contributed by atoms with Gasteiger partial charge in [0.15, 0.2) is 0 Å². The van der Waals surface area contributed by atoms with Crippen molar-refractivity contribution in [2.24, 2.45) is 0 Å². The van der Waals surface area contributed by atoms with Gasteiger partial charge in [0.25, 0.3) is 5.56 Å². The minimum atomic E-state index is -0.539. The third-order valence-electron chi connectivity index (χ3n) is 5.50. The number of anilines is 2. The Kier molecular flexibility index (Phi) is 5.43. The van der Waals surface area contributed by atoms with Gasteiger partial charge in [-0.2, -0.15) is 9.78 Å². The fourth-order valence-electron chi connectivity index (χ4n) is 3.88. The highest BCUT2D eigenvalue weighted by Gasteiger charge is 2.20. The van der Waals surface area contributed by atoms with Gasteiger partial charge >= 0.3 is 6.03 Å². The quantitative estimate of drug-likeness (QED) is 0.437. The normalized spacial score (nSPS) is 12.8. The van der Waals surface area contributed by atoms with Crippen LogP contribution in [0.3, 0.4) is 0 Å². The minimum Gasteiger partial charge on any atom is -0.308 e. The van der Waals surface area contributed by atoms with Crippen LogP contribution in [0.5, 0.6) is 0 Å². The van der Waals surface area contributed by atoms with Crippen molar-refractivity contribution >= 4 is 17.5 Å². The third-order valence-corrected chi connectivity index (χ3v) is 5.50. The Balaban J connectivity index is 1.52. The number of halogens is 1. The summed E-state index contributed by atoms with van der Waals surface area (Å²) in [6.07, 6.45) is 3.38. The molecule has 2 amide bonds. The molecule has 0 saturated heterocycles. The Hall–Kier alpha value is -4.27. The lowest BCUT2D eigenvalue weighted by molar-refractivity contribution is 0.262. The molecule has 3 N–H and O–H groups in total. The molecule has 8 nitrogen and oxygen atoms in total. The van der Waals surface area contributed by atoms with Gasteiger partial charge < -0.3 is 5.32 Å². The van der Waals surface area contributed by atoms with Gasteiger partial charge in [-0.1, -0.05) is 30.3 Å². The maximum absolute atomic E-state index is 13.2. The average molecular weight is 444 g/mol. The summed E-state index contributed by atoms with van der Waals surface area (Å²) in [7, 11) is 0. The van der Waals surface area contributed by atoms with Crippen LogP contribution in [0, 0.1) is 5.82 Å². The highest BCUT2D eigenvalue weighted by Crippen LogP contribution is 2.25. The van der Waals surface area contributed by atoms with Crippen LogP contribution in [0.4, 0.5) is 20.7 Å². The van der Waals surface area contributed by atoms with E-state index < -0.39 is 11.8 Å². The standard InChI is InChI=1S/C24H21FN6O2/c25-16-10-12-17(13-11-16)26-24(33)28-21-14-20(15-6-2-1-3-7-15)30-31(21)23-27-19-9-5-4-8-18(19)22(32)29-23/h1-3,6-7,10-14H,4-5,8-9H2,(H2,26,28,33)(H,27,29,32). The molecular formula is C24H21FN6O2. The van der Waals surface area contributed by atoms with E-state index in [2.05, 4.69) is 25.7 Å². The van der Waals surface area contributed by atoms with Crippen LogP contribution in [0.15, 0.2) is 65.5 Å². The number of carbonyl (C=O) groups excluding carboxylic acids is 1. The molecule has 2 aromatic heterocycles. The van der Waals surface area contributed by atoms with Crippen LogP contribution >= 0.6 is 0 Å². The molecule has 2 heterocycles. The summed E-state index contributed by atoms with van der Waals surface area (Å²) in [5.41, 5.74) is 3.17. The molecule has 0 aliphatic heterocycles. The lowest BCUT2D eigenvalue weighted by Crippen LogP contribution is -2.25. The average Bonchev–Trinajstić information content (AvgIpc) is 3.25. The van der Waals surface area contributed by atoms with Crippen LogP contribution in [0.25, 0.3) is 17.2 Å². The molecular weight excluding hydrogens is 423 g/mol. The predicted molar refractivity (Wildman–Crippen MR) is 123 cm³/mol. The van der Waals surface area contributed by atoms with Gasteiger partial charge in [0.1, 0.15) is 11.6 Å². The van der Waals surface area contributed by atoms with Crippen molar-refractivity contribution < 1.29 is 9.18 Å². The first-order valence-electron chi connectivity index (χ1n) is 10.7. The first-order chi connectivity index (χ1) is 16.1. The van der Waals surface area contributed by atoms with Gasteiger partial charge in [-0.05, 0) is 49.9 Å². The van der Waals surface area contributed by atoms with Gasteiger partial charge in [0.2, 0.25) is 5.95 Å². The number of hydrogen-bond acceptors (Lipinski definition) is 4. The van der Waals surface area contributed by atoms with Gasteiger partial charge in [0, 0.05) is 22.9 Å². The lowest BCUT2D eigenvalue weighted by atomic mass is 9.97. The molecule has 5 rings (SSSR count). The van der Waals surface area contributed by atoms with Crippen molar-refractivity contribution in [2.45, 2.75) is 25.7 Å². The summed E-state index contributed by atoms with van der Waals surface area (Å²) in [5.74, 6) is 0.168. The highest BCUT2D eigenvalue weighted by atomic mass is 19.1. The second-order valence-electron chi connectivity index (χ2n) is 7.80. The SMILES string of the molecule is O=C(Nc1ccc(F)cc1)Nc1cc(-c2ccccc2)nn1-c1nc2c(c(=O)[nH]1)CCCC2. The molecule has 166 valence electrons. The molecule has 0 atom stereocenters. The number of aromatic amines is 1.